The van der Waals surface area contributed by atoms with Crippen LogP contribution < -0.4 is 5.32 Å². The number of aryl methyl sites for hydroxylation is 1. The zero-order valence-corrected chi connectivity index (χ0v) is 13.9. The first-order valence-electron chi connectivity index (χ1n) is 6.78. The normalized spacial score (nSPS) is 11.2. The van der Waals surface area contributed by atoms with Gasteiger partial charge in [0.25, 0.3) is 11.8 Å². The van der Waals surface area contributed by atoms with Gasteiger partial charge < -0.3 is 4.90 Å². The molecule has 0 aliphatic carbocycles. The van der Waals surface area contributed by atoms with Gasteiger partial charge in [0.2, 0.25) is 0 Å². The van der Waals surface area contributed by atoms with Crippen LogP contribution in [0.1, 0.15) is 31.3 Å². The molecular formula is C15H14F3N3O2S. The predicted molar refractivity (Wildman–Crippen MR) is 84.3 cm³/mol. The second kappa shape index (κ2) is 6.60. The number of hydrogen-bond donors (Lipinski definition) is 1. The monoisotopic (exact) mass is 357 g/mol. The Hall–Kier alpha value is -2.42. The smallest absolute Gasteiger partial charge is 0.344 e. The molecule has 1 N–H and O–H groups in total. The molecule has 0 aliphatic heterocycles. The Morgan fingerprint density at radius 3 is 2.42 bits per heavy atom. The van der Waals surface area contributed by atoms with Gasteiger partial charge in [-0.2, -0.15) is 13.2 Å². The minimum absolute atomic E-state index is 0.0691. The molecule has 0 bridgehead atoms. The van der Waals surface area contributed by atoms with Crippen molar-refractivity contribution < 1.29 is 22.8 Å². The number of thiazole rings is 1. The Morgan fingerprint density at radius 2 is 1.83 bits per heavy atom. The van der Waals surface area contributed by atoms with Crippen LogP contribution in [0.2, 0.25) is 0 Å². The van der Waals surface area contributed by atoms with E-state index in [1.54, 1.807) is 21.0 Å². The van der Waals surface area contributed by atoms with Crippen molar-refractivity contribution in [1.29, 1.82) is 0 Å². The summed E-state index contributed by atoms with van der Waals surface area (Å²) >= 11 is 0.917. The number of hydrogen-bond acceptors (Lipinski definition) is 4. The Balaban J connectivity index is 2.29. The van der Waals surface area contributed by atoms with Crippen LogP contribution >= 0.6 is 11.3 Å². The lowest BCUT2D eigenvalue weighted by Crippen LogP contribution is -2.21. The number of aromatic nitrogens is 1. The van der Waals surface area contributed by atoms with Crippen molar-refractivity contribution >= 4 is 28.3 Å². The van der Waals surface area contributed by atoms with E-state index in [0.29, 0.717) is 10.6 Å². The minimum atomic E-state index is -4.64. The summed E-state index contributed by atoms with van der Waals surface area (Å²) < 4.78 is 38.9. The second-order valence-corrected chi connectivity index (χ2v) is 6.13. The summed E-state index contributed by atoms with van der Waals surface area (Å²) in [6.45, 7) is 1.59. The van der Waals surface area contributed by atoms with Crippen LogP contribution in [0.5, 0.6) is 0 Å². The summed E-state index contributed by atoms with van der Waals surface area (Å²) in [5, 5.41) is 2.39. The molecule has 1 aromatic heterocycles. The van der Waals surface area contributed by atoms with Gasteiger partial charge in [-0.3, -0.25) is 14.9 Å². The molecule has 2 aromatic rings. The summed E-state index contributed by atoms with van der Waals surface area (Å²) in [5.41, 5.74) is -1.13. The second-order valence-electron chi connectivity index (χ2n) is 5.13. The SMILES string of the molecule is Cc1nc(NC(=O)c2ccccc2C(F)(F)F)sc1C(=O)N(C)C. The molecule has 0 spiro atoms. The number of alkyl halides is 3. The lowest BCUT2D eigenvalue weighted by Gasteiger charge is -2.11. The van der Waals surface area contributed by atoms with E-state index in [9.17, 15) is 22.8 Å². The predicted octanol–water partition coefficient (Wildman–Crippen LogP) is 3.42. The highest BCUT2D eigenvalue weighted by Gasteiger charge is 2.35. The molecule has 1 heterocycles. The van der Waals surface area contributed by atoms with Crippen LogP contribution in [0.3, 0.4) is 0 Å². The molecule has 128 valence electrons. The third-order valence-corrected chi connectivity index (χ3v) is 4.16. The molecule has 24 heavy (non-hydrogen) atoms. The van der Waals surface area contributed by atoms with Gasteiger partial charge >= 0.3 is 6.18 Å². The number of carbonyl (C=O) groups is 2. The van der Waals surface area contributed by atoms with Gasteiger partial charge in [0.05, 0.1) is 16.8 Å². The van der Waals surface area contributed by atoms with Gasteiger partial charge in [-0.25, -0.2) is 4.98 Å². The van der Waals surface area contributed by atoms with E-state index in [0.717, 1.165) is 23.5 Å². The van der Waals surface area contributed by atoms with Crippen molar-refractivity contribution in [3.05, 3.63) is 46.0 Å². The number of carbonyl (C=O) groups excluding carboxylic acids is 2. The topological polar surface area (TPSA) is 62.3 Å². The average Bonchev–Trinajstić information content (AvgIpc) is 2.85. The number of nitrogens with zero attached hydrogens (tertiary/aromatic N) is 2. The van der Waals surface area contributed by atoms with E-state index < -0.39 is 23.2 Å². The molecule has 2 rings (SSSR count). The fourth-order valence-electron chi connectivity index (χ4n) is 1.94. The molecule has 0 fully saturated rings. The van der Waals surface area contributed by atoms with Crippen molar-refractivity contribution in [2.45, 2.75) is 13.1 Å². The lowest BCUT2D eigenvalue weighted by atomic mass is 10.1. The number of benzene rings is 1. The first-order chi connectivity index (χ1) is 11.1. The summed E-state index contributed by atoms with van der Waals surface area (Å²) in [5.74, 6) is -1.22. The van der Waals surface area contributed by atoms with Crippen LogP contribution in [-0.4, -0.2) is 35.8 Å². The van der Waals surface area contributed by atoms with Crippen molar-refractivity contribution in [1.82, 2.24) is 9.88 Å². The molecule has 0 radical (unpaired) electrons. The van der Waals surface area contributed by atoms with Gasteiger partial charge in [0.1, 0.15) is 4.88 Å². The summed E-state index contributed by atoms with van der Waals surface area (Å²) in [4.78, 5) is 29.8. The quantitative estimate of drug-likeness (QED) is 0.916. The van der Waals surface area contributed by atoms with E-state index in [-0.39, 0.29) is 11.0 Å². The molecule has 0 unspecified atom stereocenters. The van der Waals surface area contributed by atoms with Crippen LogP contribution in [0.15, 0.2) is 24.3 Å². The Labute approximate surface area is 140 Å². The number of amides is 2. The van der Waals surface area contributed by atoms with E-state index >= 15 is 0 Å². The third kappa shape index (κ3) is 3.73. The van der Waals surface area contributed by atoms with E-state index in [1.807, 2.05) is 0 Å². The summed E-state index contributed by atoms with van der Waals surface area (Å²) in [6, 6.07) is 4.48. The van der Waals surface area contributed by atoms with Crippen molar-refractivity contribution in [2.75, 3.05) is 19.4 Å². The molecule has 9 heteroatoms. The zero-order chi connectivity index (χ0) is 18.1. The van der Waals surface area contributed by atoms with E-state index in [4.69, 9.17) is 0 Å². The number of halogens is 3. The molecule has 0 saturated heterocycles. The zero-order valence-electron chi connectivity index (χ0n) is 13.1. The fraction of sp³-hybridized carbons (Fsp3) is 0.267. The molecule has 2 amide bonds. The van der Waals surface area contributed by atoms with Crippen LogP contribution in [0.25, 0.3) is 0 Å². The Morgan fingerprint density at radius 1 is 1.21 bits per heavy atom. The maximum Gasteiger partial charge on any atom is 0.417 e. The maximum atomic E-state index is 13.0. The van der Waals surface area contributed by atoms with Gasteiger partial charge in [0.15, 0.2) is 5.13 Å². The van der Waals surface area contributed by atoms with Crippen LogP contribution in [0.4, 0.5) is 18.3 Å². The van der Waals surface area contributed by atoms with Crippen LogP contribution in [0, 0.1) is 6.92 Å². The lowest BCUT2D eigenvalue weighted by molar-refractivity contribution is -0.137. The molecule has 1 aromatic carbocycles. The van der Waals surface area contributed by atoms with E-state index in [2.05, 4.69) is 10.3 Å². The average molecular weight is 357 g/mol. The Kier molecular flexibility index (Phi) is 4.93. The molecular weight excluding hydrogens is 343 g/mol. The first-order valence-corrected chi connectivity index (χ1v) is 7.59. The molecule has 0 aliphatic rings. The van der Waals surface area contributed by atoms with E-state index in [1.165, 1.54) is 17.0 Å². The number of anilines is 1. The highest BCUT2D eigenvalue weighted by Crippen LogP contribution is 2.32. The van der Waals surface area contributed by atoms with Crippen LogP contribution in [-0.2, 0) is 6.18 Å². The maximum absolute atomic E-state index is 13.0. The van der Waals surface area contributed by atoms with Crippen molar-refractivity contribution in [2.24, 2.45) is 0 Å². The van der Waals surface area contributed by atoms with Crippen molar-refractivity contribution in [3.8, 4) is 0 Å². The third-order valence-electron chi connectivity index (χ3n) is 3.09. The molecule has 0 saturated carbocycles. The summed E-state index contributed by atoms with van der Waals surface area (Å²) in [6.07, 6.45) is -4.64. The highest BCUT2D eigenvalue weighted by atomic mass is 32.1. The standard InChI is InChI=1S/C15H14F3N3O2S/c1-8-11(13(23)21(2)3)24-14(19-8)20-12(22)9-6-4-5-7-10(9)15(16,17)18/h4-7H,1-3H3,(H,19,20,22). The number of rotatable bonds is 3. The minimum Gasteiger partial charge on any atom is -0.344 e. The first kappa shape index (κ1) is 17.9. The summed E-state index contributed by atoms with van der Waals surface area (Å²) in [7, 11) is 3.14. The molecule has 5 nitrogen and oxygen atoms in total. The van der Waals surface area contributed by atoms with Gasteiger partial charge in [-0.05, 0) is 19.1 Å². The number of nitrogens with one attached hydrogen (secondary N) is 1. The molecule has 0 atom stereocenters. The largest absolute Gasteiger partial charge is 0.417 e. The Bertz CT molecular complexity index is 785. The fourth-order valence-corrected chi connectivity index (χ4v) is 2.93. The van der Waals surface area contributed by atoms with Gasteiger partial charge in [-0.15, -0.1) is 0 Å². The highest BCUT2D eigenvalue weighted by molar-refractivity contribution is 7.17. The van der Waals surface area contributed by atoms with Gasteiger partial charge in [-0.1, -0.05) is 23.5 Å². The van der Waals surface area contributed by atoms with Gasteiger partial charge in [0, 0.05) is 14.1 Å². The van der Waals surface area contributed by atoms with Crippen molar-refractivity contribution in [3.63, 3.8) is 0 Å².